The zero-order chi connectivity index (χ0) is 24.5. The Hall–Kier alpha value is -1.41. The lowest BCUT2D eigenvalue weighted by Gasteiger charge is -2.42. The van der Waals surface area contributed by atoms with E-state index >= 15 is 0 Å². The number of halogens is 19. The topological polar surface area (TPSA) is 23.1 Å². The fraction of sp³-hybridized carbons (Fsp3) is 1.00. The molecule has 0 rings (SSSR count). The van der Waals surface area contributed by atoms with E-state index in [1.807, 2.05) is 0 Å². The molecule has 0 unspecified atom stereocenters. The van der Waals surface area contributed by atoms with E-state index in [1.54, 1.807) is 0 Å². The van der Waals surface area contributed by atoms with Crippen LogP contribution in [-0.2, 0) is 0 Å². The van der Waals surface area contributed by atoms with Crippen molar-refractivity contribution < 1.29 is 88.7 Å². The minimum atomic E-state index is -9.00. The average Bonchev–Trinajstić information content (AvgIpc) is 2.43. The Kier molecular flexibility index (Phi) is 5.99. The van der Waals surface area contributed by atoms with Crippen LogP contribution in [0.15, 0.2) is 0 Å². The zero-order valence-corrected chi connectivity index (χ0v) is 12.0. The van der Waals surface area contributed by atoms with Crippen molar-refractivity contribution in [2.24, 2.45) is 0 Å². The third-order valence-electron chi connectivity index (χ3n) is 3.03. The van der Waals surface area contributed by atoms with Crippen LogP contribution in [0, 0.1) is 5.21 Å². The van der Waals surface area contributed by atoms with Gasteiger partial charge >= 0.3 is 47.8 Å². The number of hydrogen-bond donors (Lipinski definition) is 0. The number of hydroxylamine groups is 1. The second-order valence-electron chi connectivity index (χ2n) is 4.95. The second kappa shape index (κ2) is 6.30. The molecular weight excluding hydrogens is 487 g/mol. The number of hydrogen-bond acceptors (Lipinski definition) is 1. The molecule has 0 atom stereocenters. The molecule has 0 amide bonds. The van der Waals surface area contributed by atoms with E-state index in [9.17, 15) is 88.8 Å². The average molecular weight is 487 g/mol. The van der Waals surface area contributed by atoms with Crippen LogP contribution in [-0.4, -0.2) is 52.8 Å². The van der Waals surface area contributed by atoms with E-state index in [1.165, 1.54) is 0 Å². The van der Waals surface area contributed by atoms with Gasteiger partial charge in [0.2, 0.25) is 0 Å². The lowest BCUT2D eigenvalue weighted by Crippen LogP contribution is -2.76. The SMILES string of the molecule is [O-][N+](F)(F)C(F)(F)C(F)(F)C(F)(F)C(F)(F)C(F)(F)C(F)(F)C(F)(F)C(F)(F)F. The summed E-state index contributed by atoms with van der Waals surface area (Å²) in [6.07, 6.45) is -7.92. The summed E-state index contributed by atoms with van der Waals surface area (Å²) in [5, 5.41) is 2.52. The van der Waals surface area contributed by atoms with E-state index in [-0.39, 0.29) is 0 Å². The van der Waals surface area contributed by atoms with Crippen LogP contribution in [0.3, 0.4) is 0 Å². The Bertz CT molecular complexity index is 559. The van der Waals surface area contributed by atoms with Gasteiger partial charge in [-0.15, -0.1) is 8.78 Å². The summed E-state index contributed by atoms with van der Waals surface area (Å²) in [4.78, 5) is 0. The molecule has 0 N–H and O–H groups in total. The van der Waals surface area contributed by atoms with Crippen LogP contribution >= 0.6 is 0 Å². The first-order chi connectivity index (χ1) is 12.0. The van der Waals surface area contributed by atoms with Gasteiger partial charge in [0.15, 0.2) is 0 Å². The Labute approximate surface area is 143 Å². The van der Waals surface area contributed by atoms with Crippen molar-refractivity contribution in [2.75, 3.05) is 0 Å². The van der Waals surface area contributed by atoms with Crippen molar-refractivity contribution in [3.63, 3.8) is 0 Å². The maximum atomic E-state index is 13.0. The third-order valence-corrected chi connectivity index (χ3v) is 3.03. The van der Waals surface area contributed by atoms with Crippen molar-refractivity contribution in [2.45, 2.75) is 47.8 Å². The monoisotopic (exact) mass is 487 g/mol. The van der Waals surface area contributed by atoms with Gasteiger partial charge in [0.05, 0.1) is 0 Å². The lowest BCUT2D eigenvalue weighted by molar-refractivity contribution is -1.20. The minimum absolute atomic E-state index is 6.95. The predicted octanol–water partition coefficient (Wildman–Crippen LogP) is 6.04. The first-order valence-corrected chi connectivity index (χ1v) is 5.71. The molecule has 0 aromatic rings. The highest BCUT2D eigenvalue weighted by atomic mass is 19.4. The largest absolute Gasteiger partial charge is 0.548 e. The van der Waals surface area contributed by atoms with E-state index in [0.717, 1.165) is 0 Å². The quantitative estimate of drug-likeness (QED) is 0.186. The van der Waals surface area contributed by atoms with Gasteiger partial charge in [0.1, 0.15) is 5.09 Å². The van der Waals surface area contributed by atoms with Gasteiger partial charge in [-0.2, -0.15) is 65.9 Å². The van der Waals surface area contributed by atoms with Gasteiger partial charge in [0.25, 0.3) is 0 Å². The molecular formula is C8F19NO. The summed E-state index contributed by atoms with van der Waals surface area (Å²) in [5.74, 6) is -52.7. The molecule has 0 aliphatic carbocycles. The summed E-state index contributed by atoms with van der Waals surface area (Å²) >= 11 is 0. The molecule has 21 heteroatoms. The smallest absolute Gasteiger partial charge is 0.535 e. The maximum Gasteiger partial charge on any atom is 0.535 e. The Morgan fingerprint density at radius 1 is 0.379 bits per heavy atom. The standard InChI is InChI=1S/C8F19NO/c9-1(10,3(13,14)5(17,18)7(21,22)23)2(11,12)4(15,16)6(19,20)8(24,25)28(26,27)29. The molecule has 0 aliphatic heterocycles. The first kappa shape index (κ1) is 27.6. The molecule has 29 heavy (non-hydrogen) atoms. The zero-order valence-electron chi connectivity index (χ0n) is 12.0. The van der Waals surface area contributed by atoms with Gasteiger partial charge in [-0.1, -0.05) is 0 Å². The molecule has 0 aromatic heterocycles. The van der Waals surface area contributed by atoms with Crippen molar-refractivity contribution in [3.8, 4) is 0 Å². The number of quaternary nitrogens is 1. The van der Waals surface area contributed by atoms with Crippen LogP contribution in [0.2, 0.25) is 0 Å². The van der Waals surface area contributed by atoms with Crippen molar-refractivity contribution in [3.05, 3.63) is 5.21 Å². The predicted molar refractivity (Wildman–Crippen MR) is 46.5 cm³/mol. The summed E-state index contributed by atoms with van der Waals surface area (Å²) < 4.78 is 237. The van der Waals surface area contributed by atoms with Crippen molar-refractivity contribution in [1.82, 2.24) is 0 Å². The van der Waals surface area contributed by atoms with Gasteiger partial charge in [-0.05, 0) is 0 Å². The molecule has 0 spiro atoms. The fourth-order valence-corrected chi connectivity index (χ4v) is 1.32. The Balaban J connectivity index is 6.82. The summed E-state index contributed by atoms with van der Waals surface area (Å²) in [5.41, 5.74) is 0. The normalized spacial score (nSPS) is 17.0. The molecule has 0 aromatic carbocycles. The fourth-order valence-electron chi connectivity index (χ4n) is 1.32. The van der Waals surface area contributed by atoms with Crippen molar-refractivity contribution in [1.29, 1.82) is 0 Å². The molecule has 0 saturated heterocycles. The van der Waals surface area contributed by atoms with Crippen LogP contribution in [0.5, 0.6) is 0 Å². The Morgan fingerprint density at radius 3 is 0.793 bits per heavy atom. The highest BCUT2D eigenvalue weighted by Crippen LogP contribution is 2.64. The second-order valence-corrected chi connectivity index (χ2v) is 4.95. The van der Waals surface area contributed by atoms with Gasteiger partial charge in [-0.3, -0.25) is 0 Å². The highest BCUT2D eigenvalue weighted by Gasteiger charge is 2.97. The summed E-state index contributed by atoms with van der Waals surface area (Å²) in [6, 6.07) is -8.32. The molecule has 176 valence electrons. The van der Waals surface area contributed by atoms with E-state index in [0.29, 0.717) is 0 Å². The molecule has 0 aliphatic rings. The summed E-state index contributed by atoms with van der Waals surface area (Å²) in [6.45, 7) is 0. The van der Waals surface area contributed by atoms with Crippen LogP contribution in [0.1, 0.15) is 0 Å². The van der Waals surface area contributed by atoms with Crippen LogP contribution in [0.25, 0.3) is 0 Å². The highest BCUT2D eigenvalue weighted by molar-refractivity contribution is 5.14. The first-order valence-electron chi connectivity index (χ1n) is 5.71. The molecule has 0 radical (unpaired) electrons. The Morgan fingerprint density at radius 2 is 0.586 bits per heavy atom. The third kappa shape index (κ3) is 3.23. The lowest BCUT2D eigenvalue weighted by atomic mass is 9.90. The summed E-state index contributed by atoms with van der Waals surface area (Å²) in [7, 11) is 0. The molecule has 0 bridgehead atoms. The van der Waals surface area contributed by atoms with Gasteiger partial charge in [-0.25, -0.2) is 0 Å². The molecule has 0 fully saturated rings. The van der Waals surface area contributed by atoms with Gasteiger partial charge < -0.3 is 5.21 Å². The number of rotatable bonds is 7. The number of nitrogens with zero attached hydrogens (tertiary/aromatic N) is 1. The minimum Gasteiger partial charge on any atom is -0.548 e. The molecule has 0 heterocycles. The molecule has 2 nitrogen and oxygen atoms in total. The van der Waals surface area contributed by atoms with E-state index < -0.39 is 52.8 Å². The maximum absolute atomic E-state index is 13.0. The van der Waals surface area contributed by atoms with E-state index in [4.69, 9.17) is 0 Å². The number of alkyl halides is 17. The van der Waals surface area contributed by atoms with Crippen molar-refractivity contribution >= 4 is 0 Å². The van der Waals surface area contributed by atoms with Crippen LogP contribution in [0.4, 0.5) is 83.6 Å². The van der Waals surface area contributed by atoms with Crippen LogP contribution < -0.4 is 0 Å². The van der Waals surface area contributed by atoms with Gasteiger partial charge in [0, 0.05) is 8.96 Å². The van der Waals surface area contributed by atoms with E-state index in [2.05, 4.69) is 0 Å². The molecule has 0 saturated carbocycles.